The van der Waals surface area contributed by atoms with E-state index in [2.05, 4.69) is 33.0 Å². The van der Waals surface area contributed by atoms with Crippen molar-refractivity contribution < 1.29 is 0 Å². The van der Waals surface area contributed by atoms with Crippen molar-refractivity contribution in [3.8, 4) is 0 Å². The third kappa shape index (κ3) is 3.30. The van der Waals surface area contributed by atoms with Gasteiger partial charge in [0.1, 0.15) is 0 Å². The van der Waals surface area contributed by atoms with Gasteiger partial charge in [0.25, 0.3) is 0 Å². The highest BCUT2D eigenvalue weighted by Gasteiger charge is 2.26. The normalized spacial score (nSPS) is 35.3. The quantitative estimate of drug-likeness (QED) is 0.709. The number of rotatable bonds is 3. The van der Waals surface area contributed by atoms with Gasteiger partial charge in [-0.3, -0.25) is 0 Å². The maximum absolute atomic E-state index is 3.57. The van der Waals surface area contributed by atoms with Crippen LogP contribution in [0, 0.1) is 17.8 Å². The zero-order valence-electron chi connectivity index (χ0n) is 9.64. The van der Waals surface area contributed by atoms with Crippen molar-refractivity contribution in [2.24, 2.45) is 17.8 Å². The molecule has 13 heavy (non-hydrogen) atoms. The van der Waals surface area contributed by atoms with Gasteiger partial charge in [0.2, 0.25) is 0 Å². The molecule has 3 unspecified atom stereocenters. The van der Waals surface area contributed by atoms with Crippen LogP contribution in [0.2, 0.25) is 0 Å². The monoisotopic (exact) mass is 183 g/mol. The zero-order chi connectivity index (χ0) is 9.84. The first-order chi connectivity index (χ1) is 6.11. The fraction of sp³-hybridized carbons (Fsp3) is 1.00. The van der Waals surface area contributed by atoms with E-state index in [1.165, 1.54) is 25.8 Å². The van der Waals surface area contributed by atoms with Crippen LogP contribution in [0.4, 0.5) is 0 Å². The largest absolute Gasteiger partial charge is 0.314 e. The molecule has 0 aliphatic heterocycles. The molecule has 0 saturated heterocycles. The number of hydrogen-bond donors (Lipinski definition) is 1. The van der Waals surface area contributed by atoms with Crippen molar-refractivity contribution in [1.29, 1.82) is 0 Å². The van der Waals surface area contributed by atoms with Gasteiger partial charge in [0.15, 0.2) is 0 Å². The van der Waals surface area contributed by atoms with Crippen LogP contribution in [0.1, 0.15) is 47.0 Å². The average molecular weight is 183 g/mol. The van der Waals surface area contributed by atoms with E-state index in [-0.39, 0.29) is 0 Å². The van der Waals surface area contributed by atoms with Gasteiger partial charge in [0.05, 0.1) is 0 Å². The van der Waals surface area contributed by atoms with Gasteiger partial charge in [-0.25, -0.2) is 0 Å². The van der Waals surface area contributed by atoms with Gasteiger partial charge in [-0.15, -0.1) is 0 Å². The summed E-state index contributed by atoms with van der Waals surface area (Å²) in [6, 6.07) is 0.643. The van der Waals surface area contributed by atoms with Crippen molar-refractivity contribution in [2.75, 3.05) is 6.54 Å². The summed E-state index contributed by atoms with van der Waals surface area (Å²) in [5, 5.41) is 3.57. The molecule has 1 fully saturated rings. The van der Waals surface area contributed by atoms with E-state index < -0.39 is 0 Å². The van der Waals surface area contributed by atoms with Crippen molar-refractivity contribution in [1.82, 2.24) is 5.32 Å². The number of hydrogen-bond acceptors (Lipinski definition) is 1. The molecule has 1 N–H and O–H groups in total. The Hall–Kier alpha value is -0.0400. The highest BCUT2D eigenvalue weighted by Crippen LogP contribution is 2.33. The Morgan fingerprint density at radius 1 is 1.23 bits per heavy atom. The van der Waals surface area contributed by atoms with Crippen LogP contribution in [-0.4, -0.2) is 12.6 Å². The molecule has 1 nitrogen and oxygen atoms in total. The van der Waals surface area contributed by atoms with E-state index in [9.17, 15) is 0 Å². The minimum absolute atomic E-state index is 0.643. The lowest BCUT2D eigenvalue weighted by Crippen LogP contribution is -2.35. The molecule has 0 aromatic rings. The average Bonchev–Trinajstić information content (AvgIpc) is 2.07. The highest BCUT2D eigenvalue weighted by molar-refractivity contribution is 4.78. The Labute approximate surface area is 83.3 Å². The summed E-state index contributed by atoms with van der Waals surface area (Å²) in [6.07, 6.45) is 4.32. The lowest BCUT2D eigenvalue weighted by Gasteiger charge is -2.34. The van der Waals surface area contributed by atoms with E-state index in [0.29, 0.717) is 6.04 Å². The highest BCUT2D eigenvalue weighted by atomic mass is 14.9. The first kappa shape index (κ1) is 11.0. The molecular weight excluding hydrogens is 158 g/mol. The van der Waals surface area contributed by atoms with Gasteiger partial charge in [-0.2, -0.15) is 0 Å². The second kappa shape index (κ2) is 4.99. The molecule has 1 aliphatic carbocycles. The second-order valence-corrected chi connectivity index (χ2v) is 5.09. The van der Waals surface area contributed by atoms with Gasteiger partial charge in [-0.1, -0.05) is 40.5 Å². The van der Waals surface area contributed by atoms with E-state index >= 15 is 0 Å². The third-order valence-corrected chi connectivity index (χ3v) is 3.66. The number of nitrogens with one attached hydrogen (secondary N) is 1. The van der Waals surface area contributed by atoms with Crippen LogP contribution >= 0.6 is 0 Å². The Balaban J connectivity index is 2.31. The minimum atomic E-state index is 0.643. The minimum Gasteiger partial charge on any atom is -0.314 e. The van der Waals surface area contributed by atoms with Crippen LogP contribution in [0.5, 0.6) is 0 Å². The molecule has 3 atom stereocenters. The Morgan fingerprint density at radius 2 is 1.92 bits per heavy atom. The Morgan fingerprint density at radius 3 is 2.54 bits per heavy atom. The molecule has 0 bridgehead atoms. The molecule has 0 amide bonds. The Bertz CT molecular complexity index is 142. The molecule has 78 valence electrons. The summed E-state index contributed by atoms with van der Waals surface area (Å²) in [4.78, 5) is 0. The first-order valence-electron chi connectivity index (χ1n) is 5.84. The predicted molar refractivity (Wildman–Crippen MR) is 58.8 cm³/mol. The smallest absolute Gasteiger partial charge is 0.00104 e. The van der Waals surface area contributed by atoms with E-state index in [1.54, 1.807) is 0 Å². The summed E-state index contributed by atoms with van der Waals surface area (Å²) >= 11 is 0. The standard InChI is InChI=1S/C12H25N/c1-9(2)13-8-12-7-5-6-10(3)11(12)4/h9-13H,5-8H2,1-4H3. The molecule has 1 aliphatic rings. The maximum Gasteiger partial charge on any atom is 0.00104 e. The van der Waals surface area contributed by atoms with Gasteiger partial charge in [-0.05, 0) is 30.7 Å². The molecule has 0 heterocycles. The van der Waals surface area contributed by atoms with Gasteiger partial charge in [0, 0.05) is 6.04 Å². The summed E-state index contributed by atoms with van der Waals surface area (Å²) in [7, 11) is 0. The fourth-order valence-corrected chi connectivity index (χ4v) is 2.37. The van der Waals surface area contributed by atoms with E-state index in [4.69, 9.17) is 0 Å². The van der Waals surface area contributed by atoms with Crippen molar-refractivity contribution >= 4 is 0 Å². The zero-order valence-corrected chi connectivity index (χ0v) is 9.64. The van der Waals surface area contributed by atoms with E-state index in [1.807, 2.05) is 0 Å². The first-order valence-corrected chi connectivity index (χ1v) is 5.84. The van der Waals surface area contributed by atoms with Crippen molar-refractivity contribution in [3.05, 3.63) is 0 Å². The predicted octanol–water partition coefficient (Wildman–Crippen LogP) is 3.06. The van der Waals surface area contributed by atoms with Crippen LogP contribution in [0.15, 0.2) is 0 Å². The maximum atomic E-state index is 3.57. The molecule has 0 aromatic heterocycles. The molecule has 1 heteroatoms. The topological polar surface area (TPSA) is 12.0 Å². The summed E-state index contributed by atoms with van der Waals surface area (Å²) < 4.78 is 0. The lowest BCUT2D eigenvalue weighted by atomic mass is 9.74. The molecular formula is C12H25N. The molecule has 0 spiro atoms. The van der Waals surface area contributed by atoms with E-state index in [0.717, 1.165) is 17.8 Å². The second-order valence-electron chi connectivity index (χ2n) is 5.09. The van der Waals surface area contributed by atoms with Crippen LogP contribution in [0.25, 0.3) is 0 Å². The Kier molecular flexibility index (Phi) is 4.24. The molecule has 1 saturated carbocycles. The molecule has 0 aromatic carbocycles. The van der Waals surface area contributed by atoms with Crippen LogP contribution in [0.3, 0.4) is 0 Å². The van der Waals surface area contributed by atoms with Crippen molar-refractivity contribution in [3.63, 3.8) is 0 Å². The SMILES string of the molecule is CC(C)NCC1CCCC(C)C1C. The molecule has 0 radical (unpaired) electrons. The summed E-state index contributed by atoms with van der Waals surface area (Å²) in [5.41, 5.74) is 0. The third-order valence-electron chi connectivity index (χ3n) is 3.66. The van der Waals surface area contributed by atoms with Gasteiger partial charge >= 0.3 is 0 Å². The van der Waals surface area contributed by atoms with Crippen LogP contribution < -0.4 is 5.32 Å². The van der Waals surface area contributed by atoms with Gasteiger partial charge < -0.3 is 5.32 Å². The molecule has 1 rings (SSSR count). The lowest BCUT2D eigenvalue weighted by molar-refractivity contribution is 0.176. The summed E-state index contributed by atoms with van der Waals surface area (Å²) in [5.74, 6) is 2.78. The van der Waals surface area contributed by atoms with Crippen molar-refractivity contribution in [2.45, 2.75) is 53.0 Å². The fourth-order valence-electron chi connectivity index (χ4n) is 2.37. The summed E-state index contributed by atoms with van der Waals surface area (Å²) in [6.45, 7) is 10.5. The van der Waals surface area contributed by atoms with Crippen LogP contribution in [-0.2, 0) is 0 Å².